The number of amides is 1. The molecule has 1 aromatic carbocycles. The van der Waals surface area contributed by atoms with Crippen LogP contribution in [0.2, 0.25) is 0 Å². The van der Waals surface area contributed by atoms with Crippen molar-refractivity contribution in [1.29, 1.82) is 5.26 Å². The standard InChI is InChI=1S/C14H16FN3O2/c15-11-7-10(8-16)1-2-12(11)18-9-14(13(17)19)3-5-20-6-4-14/h1-2,7,18H,3-6,9H2,(H2,17,19). The number of hydrogen-bond acceptors (Lipinski definition) is 4. The summed E-state index contributed by atoms with van der Waals surface area (Å²) in [6.45, 7) is 1.20. The number of anilines is 1. The summed E-state index contributed by atoms with van der Waals surface area (Å²) in [5.41, 5.74) is 5.28. The second-order valence-electron chi connectivity index (χ2n) is 4.92. The minimum Gasteiger partial charge on any atom is -0.382 e. The summed E-state index contributed by atoms with van der Waals surface area (Å²) in [5.74, 6) is -0.918. The van der Waals surface area contributed by atoms with Gasteiger partial charge in [0.1, 0.15) is 5.82 Å². The summed E-state index contributed by atoms with van der Waals surface area (Å²) in [4.78, 5) is 11.7. The molecule has 1 amide bonds. The Morgan fingerprint density at radius 2 is 2.20 bits per heavy atom. The van der Waals surface area contributed by atoms with Gasteiger partial charge in [0.05, 0.1) is 22.7 Å². The third-order valence-electron chi connectivity index (χ3n) is 3.69. The first-order chi connectivity index (χ1) is 9.57. The number of rotatable bonds is 4. The molecule has 1 aromatic rings. The van der Waals surface area contributed by atoms with Crippen LogP contribution in [0.3, 0.4) is 0 Å². The summed E-state index contributed by atoms with van der Waals surface area (Å²) in [6.07, 6.45) is 1.04. The predicted molar refractivity (Wildman–Crippen MR) is 71.3 cm³/mol. The molecule has 2 rings (SSSR count). The highest BCUT2D eigenvalue weighted by atomic mass is 19.1. The highest BCUT2D eigenvalue weighted by Gasteiger charge is 2.38. The van der Waals surface area contributed by atoms with Gasteiger partial charge in [-0.15, -0.1) is 0 Å². The van der Waals surface area contributed by atoms with E-state index < -0.39 is 17.1 Å². The fourth-order valence-electron chi connectivity index (χ4n) is 2.26. The molecule has 1 heterocycles. The van der Waals surface area contributed by atoms with E-state index >= 15 is 0 Å². The first kappa shape index (κ1) is 14.3. The molecule has 6 heteroatoms. The number of hydrogen-bond donors (Lipinski definition) is 2. The Morgan fingerprint density at radius 1 is 1.50 bits per heavy atom. The van der Waals surface area contributed by atoms with Crippen molar-refractivity contribution in [3.63, 3.8) is 0 Å². The second-order valence-corrected chi connectivity index (χ2v) is 4.92. The van der Waals surface area contributed by atoms with Gasteiger partial charge in [-0.1, -0.05) is 0 Å². The number of halogens is 1. The molecule has 5 nitrogen and oxygen atoms in total. The molecule has 106 valence electrons. The Balaban J connectivity index is 2.10. The molecule has 3 N–H and O–H groups in total. The molecule has 0 unspecified atom stereocenters. The first-order valence-corrected chi connectivity index (χ1v) is 6.38. The van der Waals surface area contributed by atoms with Crippen molar-refractivity contribution < 1.29 is 13.9 Å². The van der Waals surface area contributed by atoms with Crippen LogP contribution < -0.4 is 11.1 Å². The topological polar surface area (TPSA) is 88.1 Å². The van der Waals surface area contributed by atoms with Crippen molar-refractivity contribution in [2.24, 2.45) is 11.1 Å². The fraction of sp³-hybridized carbons (Fsp3) is 0.429. The van der Waals surface area contributed by atoms with E-state index in [4.69, 9.17) is 15.7 Å². The zero-order valence-electron chi connectivity index (χ0n) is 11.0. The van der Waals surface area contributed by atoms with Gasteiger partial charge in [-0.25, -0.2) is 4.39 Å². The summed E-state index contributed by atoms with van der Waals surface area (Å²) >= 11 is 0. The number of benzene rings is 1. The van der Waals surface area contributed by atoms with Crippen LogP contribution in [0.1, 0.15) is 18.4 Å². The summed E-state index contributed by atoms with van der Waals surface area (Å²) in [7, 11) is 0. The lowest BCUT2D eigenvalue weighted by molar-refractivity contribution is -0.132. The predicted octanol–water partition coefficient (Wildman–Crippen LogP) is 1.39. The minimum absolute atomic E-state index is 0.253. The smallest absolute Gasteiger partial charge is 0.225 e. The number of nitrogens with two attached hydrogens (primary N) is 1. The Kier molecular flexibility index (Phi) is 4.20. The summed E-state index contributed by atoms with van der Waals surface area (Å²) in [6, 6.07) is 6.03. The fourth-order valence-corrected chi connectivity index (χ4v) is 2.26. The van der Waals surface area contributed by atoms with Gasteiger partial charge in [0.2, 0.25) is 5.91 Å². The van der Waals surface area contributed by atoms with E-state index in [1.54, 1.807) is 0 Å². The van der Waals surface area contributed by atoms with Crippen LogP contribution in [-0.4, -0.2) is 25.7 Å². The average molecular weight is 277 g/mol. The highest BCUT2D eigenvalue weighted by Crippen LogP contribution is 2.31. The number of nitriles is 1. The molecule has 0 radical (unpaired) electrons. The van der Waals surface area contributed by atoms with Gasteiger partial charge < -0.3 is 15.8 Å². The van der Waals surface area contributed by atoms with E-state index in [0.29, 0.717) is 26.1 Å². The molecule has 20 heavy (non-hydrogen) atoms. The quantitative estimate of drug-likeness (QED) is 0.870. The van der Waals surface area contributed by atoms with Gasteiger partial charge in [0.25, 0.3) is 0 Å². The van der Waals surface area contributed by atoms with E-state index in [-0.39, 0.29) is 17.8 Å². The maximum absolute atomic E-state index is 13.8. The summed E-state index contributed by atoms with van der Waals surface area (Å²) in [5, 5.41) is 11.6. The second kappa shape index (κ2) is 5.88. The first-order valence-electron chi connectivity index (χ1n) is 6.38. The lowest BCUT2D eigenvalue weighted by Gasteiger charge is -2.34. The number of carbonyl (C=O) groups excluding carboxylic acids is 1. The molecule has 0 bridgehead atoms. The van der Waals surface area contributed by atoms with Crippen LogP contribution in [0.15, 0.2) is 18.2 Å². The molecular weight excluding hydrogens is 261 g/mol. The van der Waals surface area contributed by atoms with Gasteiger partial charge in [-0.3, -0.25) is 4.79 Å². The maximum atomic E-state index is 13.8. The van der Waals surface area contributed by atoms with Crippen molar-refractivity contribution in [2.75, 3.05) is 25.1 Å². The molecule has 0 saturated carbocycles. The van der Waals surface area contributed by atoms with E-state index in [1.165, 1.54) is 12.1 Å². The van der Waals surface area contributed by atoms with Crippen molar-refractivity contribution in [3.8, 4) is 6.07 Å². The number of nitrogens with one attached hydrogen (secondary N) is 1. The highest BCUT2D eigenvalue weighted by molar-refractivity contribution is 5.81. The molecule has 1 aliphatic heterocycles. The lowest BCUT2D eigenvalue weighted by Crippen LogP contribution is -2.46. The van der Waals surface area contributed by atoms with Crippen LogP contribution in [0.25, 0.3) is 0 Å². The van der Waals surface area contributed by atoms with Crippen molar-refractivity contribution >= 4 is 11.6 Å². The van der Waals surface area contributed by atoms with Crippen LogP contribution in [0.4, 0.5) is 10.1 Å². The maximum Gasteiger partial charge on any atom is 0.225 e. The number of ether oxygens (including phenoxy) is 1. The Labute approximate surface area is 116 Å². The van der Waals surface area contributed by atoms with E-state index in [0.717, 1.165) is 6.07 Å². The summed E-state index contributed by atoms with van der Waals surface area (Å²) < 4.78 is 19.0. The van der Waals surface area contributed by atoms with Crippen molar-refractivity contribution in [2.45, 2.75) is 12.8 Å². The molecule has 1 fully saturated rings. The third-order valence-corrected chi connectivity index (χ3v) is 3.69. The monoisotopic (exact) mass is 277 g/mol. The Bertz CT molecular complexity index is 548. The van der Waals surface area contributed by atoms with Crippen LogP contribution >= 0.6 is 0 Å². The lowest BCUT2D eigenvalue weighted by atomic mass is 9.79. The average Bonchev–Trinajstić information content (AvgIpc) is 2.46. The molecule has 1 aliphatic rings. The molecule has 1 saturated heterocycles. The molecule has 0 aliphatic carbocycles. The zero-order valence-corrected chi connectivity index (χ0v) is 11.0. The van der Waals surface area contributed by atoms with Crippen LogP contribution in [0, 0.1) is 22.6 Å². The third kappa shape index (κ3) is 2.89. The molecule has 0 aromatic heterocycles. The number of primary amides is 1. The largest absolute Gasteiger partial charge is 0.382 e. The zero-order chi connectivity index (χ0) is 14.6. The molecular formula is C14H16FN3O2. The number of carbonyl (C=O) groups is 1. The minimum atomic E-state index is -0.710. The van der Waals surface area contributed by atoms with Crippen LogP contribution in [-0.2, 0) is 9.53 Å². The van der Waals surface area contributed by atoms with E-state index in [2.05, 4.69) is 5.32 Å². The SMILES string of the molecule is N#Cc1ccc(NCC2(C(N)=O)CCOCC2)c(F)c1. The van der Waals surface area contributed by atoms with Crippen molar-refractivity contribution in [1.82, 2.24) is 0 Å². The normalized spacial score (nSPS) is 17.2. The molecule has 0 atom stereocenters. The van der Waals surface area contributed by atoms with Crippen LogP contribution in [0.5, 0.6) is 0 Å². The van der Waals surface area contributed by atoms with Gasteiger partial charge in [0.15, 0.2) is 0 Å². The molecule has 0 spiro atoms. The van der Waals surface area contributed by atoms with Crippen molar-refractivity contribution in [3.05, 3.63) is 29.6 Å². The Morgan fingerprint density at radius 3 is 2.75 bits per heavy atom. The van der Waals surface area contributed by atoms with Gasteiger partial charge >= 0.3 is 0 Å². The van der Waals surface area contributed by atoms with Gasteiger partial charge in [-0.05, 0) is 31.0 Å². The van der Waals surface area contributed by atoms with E-state index in [1.807, 2.05) is 6.07 Å². The van der Waals surface area contributed by atoms with E-state index in [9.17, 15) is 9.18 Å². The number of nitrogens with zero attached hydrogens (tertiary/aromatic N) is 1. The Hall–Kier alpha value is -2.13. The van der Waals surface area contributed by atoms with Gasteiger partial charge in [0, 0.05) is 19.8 Å². The van der Waals surface area contributed by atoms with Gasteiger partial charge in [-0.2, -0.15) is 5.26 Å².